The highest BCUT2D eigenvalue weighted by Crippen LogP contribution is 2.17. The maximum atomic E-state index is 12.3. The van der Waals surface area contributed by atoms with Crippen molar-refractivity contribution in [3.8, 4) is 0 Å². The molecule has 7 nitrogen and oxygen atoms in total. The lowest BCUT2D eigenvalue weighted by molar-refractivity contribution is -0.131. The highest BCUT2D eigenvalue weighted by Gasteiger charge is 2.15. The summed E-state index contributed by atoms with van der Waals surface area (Å²) in [6.07, 6.45) is 1.85. The molecule has 1 N–H and O–H groups in total. The van der Waals surface area contributed by atoms with Crippen molar-refractivity contribution in [1.29, 1.82) is 0 Å². The molecular formula is C18H19N5O2S. The van der Waals surface area contributed by atoms with Crippen molar-refractivity contribution in [3.63, 3.8) is 0 Å². The number of nitrogens with one attached hydrogen (secondary N) is 1. The van der Waals surface area contributed by atoms with Crippen LogP contribution in [-0.4, -0.2) is 50.7 Å². The second kappa shape index (κ2) is 8.01. The van der Waals surface area contributed by atoms with Gasteiger partial charge in [0.2, 0.25) is 11.8 Å². The third-order valence-corrected chi connectivity index (χ3v) is 4.68. The van der Waals surface area contributed by atoms with Crippen LogP contribution in [0.2, 0.25) is 0 Å². The number of aromatic nitrogens is 3. The number of hydrogen-bond donors (Lipinski definition) is 1. The van der Waals surface area contributed by atoms with Gasteiger partial charge in [-0.15, -0.1) is 10.2 Å². The molecule has 1 aromatic carbocycles. The van der Waals surface area contributed by atoms with E-state index in [0.717, 1.165) is 11.2 Å². The molecule has 0 unspecified atom stereocenters. The normalized spacial score (nSPS) is 10.7. The van der Waals surface area contributed by atoms with Gasteiger partial charge in [-0.1, -0.05) is 35.5 Å². The molecule has 0 radical (unpaired) electrons. The number of nitrogens with zero attached hydrogens (tertiary/aromatic N) is 4. The number of rotatable bonds is 6. The van der Waals surface area contributed by atoms with Crippen LogP contribution in [-0.2, 0) is 9.59 Å². The molecule has 0 aliphatic rings. The van der Waals surface area contributed by atoms with Crippen LogP contribution in [0, 0.1) is 6.92 Å². The number of pyridine rings is 1. The monoisotopic (exact) mass is 369 g/mol. The molecule has 0 bridgehead atoms. The maximum Gasteiger partial charge on any atom is 0.243 e. The molecule has 0 aliphatic heterocycles. The predicted molar refractivity (Wildman–Crippen MR) is 101 cm³/mol. The van der Waals surface area contributed by atoms with Gasteiger partial charge in [0.25, 0.3) is 0 Å². The Hall–Kier alpha value is -2.87. The number of benzene rings is 1. The summed E-state index contributed by atoms with van der Waals surface area (Å²) in [5, 5.41) is 11.5. The van der Waals surface area contributed by atoms with Crippen LogP contribution in [0.3, 0.4) is 0 Å². The molecule has 2 aromatic heterocycles. The zero-order chi connectivity index (χ0) is 18.5. The number of likely N-dealkylation sites (N-methyl/N-ethyl adjacent to an activating group) is 1. The summed E-state index contributed by atoms with van der Waals surface area (Å²) in [6, 6.07) is 13.1. The van der Waals surface area contributed by atoms with Crippen LogP contribution in [0.15, 0.2) is 53.8 Å². The van der Waals surface area contributed by atoms with E-state index < -0.39 is 0 Å². The van der Waals surface area contributed by atoms with Crippen LogP contribution in [0.25, 0.3) is 5.65 Å². The number of amides is 2. The van der Waals surface area contributed by atoms with E-state index in [0.29, 0.717) is 10.8 Å². The van der Waals surface area contributed by atoms with Crippen LogP contribution in [0.1, 0.15) is 5.56 Å². The Labute approximate surface area is 155 Å². The van der Waals surface area contributed by atoms with Crippen molar-refractivity contribution < 1.29 is 9.59 Å². The third kappa shape index (κ3) is 4.40. The first-order valence-corrected chi connectivity index (χ1v) is 9.04. The molecule has 0 saturated heterocycles. The Morgan fingerprint density at radius 3 is 2.69 bits per heavy atom. The lowest BCUT2D eigenvalue weighted by atomic mass is 10.2. The second-order valence-corrected chi connectivity index (χ2v) is 6.81. The van der Waals surface area contributed by atoms with Gasteiger partial charge in [0.1, 0.15) is 0 Å². The van der Waals surface area contributed by atoms with E-state index in [2.05, 4.69) is 15.5 Å². The molecule has 2 amide bonds. The van der Waals surface area contributed by atoms with Gasteiger partial charge in [0.05, 0.1) is 12.3 Å². The molecule has 0 fully saturated rings. The van der Waals surface area contributed by atoms with Gasteiger partial charge >= 0.3 is 0 Å². The first-order valence-electron chi connectivity index (χ1n) is 8.06. The fourth-order valence-electron chi connectivity index (χ4n) is 2.30. The Bertz CT molecular complexity index is 923. The first-order chi connectivity index (χ1) is 12.5. The second-order valence-electron chi connectivity index (χ2n) is 5.86. The van der Waals surface area contributed by atoms with E-state index in [1.807, 2.05) is 60.0 Å². The van der Waals surface area contributed by atoms with Crippen molar-refractivity contribution in [2.75, 3.05) is 24.7 Å². The molecule has 8 heteroatoms. The van der Waals surface area contributed by atoms with E-state index in [-0.39, 0.29) is 24.1 Å². The quantitative estimate of drug-likeness (QED) is 0.674. The highest BCUT2D eigenvalue weighted by atomic mass is 32.2. The summed E-state index contributed by atoms with van der Waals surface area (Å²) in [7, 11) is 1.61. The summed E-state index contributed by atoms with van der Waals surface area (Å²) in [4.78, 5) is 25.8. The maximum absolute atomic E-state index is 12.3. The summed E-state index contributed by atoms with van der Waals surface area (Å²) in [5.41, 5.74) is 2.56. The van der Waals surface area contributed by atoms with Gasteiger partial charge in [-0.25, -0.2) is 0 Å². The van der Waals surface area contributed by atoms with Crippen molar-refractivity contribution in [1.82, 2.24) is 19.5 Å². The van der Waals surface area contributed by atoms with Crippen molar-refractivity contribution >= 4 is 34.9 Å². The van der Waals surface area contributed by atoms with Gasteiger partial charge in [0, 0.05) is 18.9 Å². The zero-order valence-electron chi connectivity index (χ0n) is 14.5. The largest absolute Gasteiger partial charge is 0.336 e. The highest BCUT2D eigenvalue weighted by molar-refractivity contribution is 7.99. The Balaban J connectivity index is 1.51. The van der Waals surface area contributed by atoms with E-state index in [1.165, 1.54) is 16.7 Å². The van der Waals surface area contributed by atoms with Crippen molar-refractivity contribution in [2.24, 2.45) is 0 Å². The molecule has 0 atom stereocenters. The molecule has 26 heavy (non-hydrogen) atoms. The number of thioether (sulfide) groups is 1. The van der Waals surface area contributed by atoms with Crippen molar-refractivity contribution in [2.45, 2.75) is 12.1 Å². The van der Waals surface area contributed by atoms with Gasteiger partial charge in [-0.05, 0) is 31.2 Å². The molecule has 0 aliphatic carbocycles. The molecule has 0 saturated carbocycles. The van der Waals surface area contributed by atoms with E-state index in [1.54, 1.807) is 7.05 Å². The molecule has 3 rings (SSSR count). The van der Waals surface area contributed by atoms with Crippen molar-refractivity contribution in [3.05, 3.63) is 54.2 Å². The topological polar surface area (TPSA) is 79.6 Å². The van der Waals surface area contributed by atoms with Gasteiger partial charge < -0.3 is 10.2 Å². The summed E-state index contributed by atoms with van der Waals surface area (Å²) in [5.74, 6) is -0.200. The lowest BCUT2D eigenvalue weighted by Crippen LogP contribution is -2.36. The molecule has 2 heterocycles. The Kier molecular flexibility index (Phi) is 5.52. The fourth-order valence-corrected chi connectivity index (χ4v) is 3.16. The molecular weight excluding hydrogens is 350 g/mol. The zero-order valence-corrected chi connectivity index (χ0v) is 15.4. The number of carbonyl (C=O) groups is 2. The molecule has 0 spiro atoms. The first kappa shape index (κ1) is 17.9. The third-order valence-electron chi connectivity index (χ3n) is 3.75. The van der Waals surface area contributed by atoms with Gasteiger partial charge in [0.15, 0.2) is 10.8 Å². The van der Waals surface area contributed by atoms with E-state index in [9.17, 15) is 9.59 Å². The molecule has 3 aromatic rings. The average molecular weight is 369 g/mol. The van der Waals surface area contributed by atoms with E-state index >= 15 is 0 Å². The van der Waals surface area contributed by atoms with E-state index in [4.69, 9.17) is 0 Å². The lowest BCUT2D eigenvalue weighted by Gasteiger charge is -2.16. The number of fused-ring (bicyclic) bond motifs is 1. The smallest absolute Gasteiger partial charge is 0.243 e. The minimum atomic E-state index is -0.234. The summed E-state index contributed by atoms with van der Waals surface area (Å²) in [6.45, 7) is 1.97. The SMILES string of the molecule is Cc1ccc(NC(=O)CN(C)C(=O)CSc2nnc3ccccn23)cc1. The number of hydrogen-bond acceptors (Lipinski definition) is 5. The summed E-state index contributed by atoms with van der Waals surface area (Å²) < 4.78 is 1.82. The van der Waals surface area contributed by atoms with Crippen LogP contribution in [0.4, 0.5) is 5.69 Å². The number of carbonyl (C=O) groups excluding carboxylic acids is 2. The van der Waals surface area contributed by atoms with Crippen LogP contribution < -0.4 is 5.32 Å². The summed E-state index contributed by atoms with van der Waals surface area (Å²) >= 11 is 1.29. The van der Waals surface area contributed by atoms with Gasteiger partial charge in [-0.2, -0.15) is 0 Å². The Morgan fingerprint density at radius 2 is 1.92 bits per heavy atom. The average Bonchev–Trinajstić information content (AvgIpc) is 3.04. The standard InChI is InChI=1S/C18H19N5O2S/c1-13-6-8-14(9-7-13)19-16(24)11-22(2)17(25)12-26-18-21-20-15-5-3-4-10-23(15)18/h3-10H,11-12H2,1-2H3,(H,19,24). The minimum absolute atomic E-state index is 0.00610. The number of aryl methyl sites for hydroxylation is 1. The van der Waals surface area contributed by atoms with Crippen LogP contribution >= 0.6 is 11.8 Å². The fraction of sp³-hybridized carbons (Fsp3) is 0.222. The predicted octanol–water partition coefficient (Wildman–Crippen LogP) is 2.23. The van der Waals surface area contributed by atoms with Gasteiger partial charge in [-0.3, -0.25) is 14.0 Å². The molecule has 134 valence electrons. The van der Waals surface area contributed by atoms with Crippen LogP contribution in [0.5, 0.6) is 0 Å². The Morgan fingerprint density at radius 1 is 1.15 bits per heavy atom. The minimum Gasteiger partial charge on any atom is -0.336 e. The number of anilines is 1.